The zero-order chi connectivity index (χ0) is 10.8. The fourth-order valence-electron chi connectivity index (χ4n) is 1.40. The van der Waals surface area contributed by atoms with Gasteiger partial charge in [0.2, 0.25) is 0 Å². The summed E-state index contributed by atoms with van der Waals surface area (Å²) in [5, 5.41) is 4.17. The number of carbonyl (C=O) groups is 1. The Morgan fingerprint density at radius 2 is 2.33 bits per heavy atom. The maximum atomic E-state index is 10.9. The van der Waals surface area contributed by atoms with Gasteiger partial charge in [0.1, 0.15) is 0 Å². The average Bonchev–Trinajstić information content (AvgIpc) is 2.85. The first-order chi connectivity index (χ1) is 7.22. The van der Waals surface area contributed by atoms with E-state index in [1.807, 2.05) is 23.7 Å². The molecule has 1 amide bonds. The van der Waals surface area contributed by atoms with Crippen molar-refractivity contribution in [3.05, 3.63) is 29.3 Å². The van der Waals surface area contributed by atoms with E-state index in [1.165, 1.54) is 11.3 Å². The Balaban J connectivity index is 2.41. The van der Waals surface area contributed by atoms with Crippen LogP contribution in [0.25, 0.3) is 10.6 Å². The highest BCUT2D eigenvalue weighted by molar-refractivity contribution is 7.17. The molecule has 2 heterocycles. The summed E-state index contributed by atoms with van der Waals surface area (Å²) in [4.78, 5) is 12.5. The van der Waals surface area contributed by atoms with Gasteiger partial charge < -0.3 is 5.73 Å². The maximum absolute atomic E-state index is 10.9. The van der Waals surface area contributed by atoms with Crippen LogP contribution in [0.15, 0.2) is 24.4 Å². The first kappa shape index (κ1) is 9.92. The lowest BCUT2D eigenvalue weighted by atomic mass is 10.3. The summed E-state index contributed by atoms with van der Waals surface area (Å²) in [5.41, 5.74) is 6.22. The number of hydrogen-bond acceptors (Lipinski definition) is 3. The molecule has 0 fully saturated rings. The Labute approximate surface area is 91.3 Å². The quantitative estimate of drug-likeness (QED) is 0.858. The van der Waals surface area contributed by atoms with Crippen molar-refractivity contribution in [2.45, 2.75) is 13.5 Å². The maximum Gasteiger partial charge on any atom is 0.258 e. The van der Waals surface area contributed by atoms with Gasteiger partial charge in [-0.25, -0.2) is 0 Å². The molecule has 0 aliphatic carbocycles. The lowest BCUT2D eigenvalue weighted by molar-refractivity contribution is 0.100. The van der Waals surface area contributed by atoms with E-state index in [-0.39, 0.29) is 5.91 Å². The Hall–Kier alpha value is -1.62. The summed E-state index contributed by atoms with van der Waals surface area (Å²) >= 11 is 1.39. The first-order valence-electron chi connectivity index (χ1n) is 4.64. The van der Waals surface area contributed by atoms with Crippen LogP contribution in [0.3, 0.4) is 0 Å². The van der Waals surface area contributed by atoms with Crippen LogP contribution in [0.4, 0.5) is 0 Å². The predicted octanol–water partition coefficient (Wildman–Crippen LogP) is 1.73. The second kappa shape index (κ2) is 3.86. The van der Waals surface area contributed by atoms with Gasteiger partial charge in [0.05, 0.1) is 15.4 Å². The summed E-state index contributed by atoms with van der Waals surface area (Å²) < 4.78 is 1.89. The molecule has 0 atom stereocenters. The van der Waals surface area contributed by atoms with Gasteiger partial charge in [0, 0.05) is 12.7 Å². The van der Waals surface area contributed by atoms with Gasteiger partial charge in [0.25, 0.3) is 5.91 Å². The summed E-state index contributed by atoms with van der Waals surface area (Å²) in [6, 6.07) is 5.57. The number of thiophene rings is 1. The van der Waals surface area contributed by atoms with Gasteiger partial charge in [-0.05, 0) is 25.1 Å². The highest BCUT2D eigenvalue weighted by Gasteiger charge is 2.09. The van der Waals surface area contributed by atoms with E-state index >= 15 is 0 Å². The molecule has 2 rings (SSSR count). The number of aromatic nitrogens is 2. The largest absolute Gasteiger partial charge is 0.365 e. The Bertz CT molecular complexity index is 486. The number of primary amides is 1. The molecule has 2 N–H and O–H groups in total. The zero-order valence-electron chi connectivity index (χ0n) is 8.30. The smallest absolute Gasteiger partial charge is 0.258 e. The molecule has 0 aliphatic heterocycles. The normalized spacial score (nSPS) is 10.5. The fraction of sp³-hybridized carbons (Fsp3) is 0.200. The van der Waals surface area contributed by atoms with Crippen LogP contribution in [-0.4, -0.2) is 15.7 Å². The number of carbonyl (C=O) groups excluding carboxylic acids is 1. The van der Waals surface area contributed by atoms with Gasteiger partial charge in [-0.2, -0.15) is 5.10 Å². The molecule has 0 bridgehead atoms. The van der Waals surface area contributed by atoms with Gasteiger partial charge in [-0.3, -0.25) is 9.48 Å². The minimum Gasteiger partial charge on any atom is -0.365 e. The van der Waals surface area contributed by atoms with Crippen LogP contribution < -0.4 is 5.73 Å². The molecule has 2 aromatic rings. The molecule has 5 heteroatoms. The molecule has 0 radical (unpaired) electrons. The van der Waals surface area contributed by atoms with E-state index in [0.717, 1.165) is 17.1 Å². The molecule has 2 aromatic heterocycles. The lowest BCUT2D eigenvalue weighted by Crippen LogP contribution is -2.08. The standard InChI is InChI=1S/C10H11N3OS/c1-2-13-7(5-6-12-13)8-3-4-9(15-8)10(11)14/h3-6H,2H2,1H3,(H2,11,14). The molecule has 0 saturated carbocycles. The minimum absolute atomic E-state index is 0.381. The van der Waals surface area contributed by atoms with Crippen LogP contribution in [0, 0.1) is 0 Å². The van der Waals surface area contributed by atoms with Crippen LogP contribution in [0.1, 0.15) is 16.6 Å². The second-order valence-electron chi connectivity index (χ2n) is 3.06. The SMILES string of the molecule is CCn1nccc1-c1ccc(C(N)=O)s1. The van der Waals surface area contributed by atoms with Crippen molar-refractivity contribution >= 4 is 17.2 Å². The lowest BCUT2D eigenvalue weighted by Gasteiger charge is -2.00. The third-order valence-electron chi connectivity index (χ3n) is 2.12. The van der Waals surface area contributed by atoms with Gasteiger partial charge in [-0.15, -0.1) is 11.3 Å². The van der Waals surface area contributed by atoms with Crippen molar-refractivity contribution in [1.29, 1.82) is 0 Å². The van der Waals surface area contributed by atoms with Crippen LogP contribution >= 0.6 is 11.3 Å². The molecular weight excluding hydrogens is 210 g/mol. The van der Waals surface area contributed by atoms with Crippen molar-refractivity contribution in [3.8, 4) is 10.6 Å². The van der Waals surface area contributed by atoms with Crippen molar-refractivity contribution in [1.82, 2.24) is 9.78 Å². The van der Waals surface area contributed by atoms with E-state index in [1.54, 1.807) is 12.3 Å². The second-order valence-corrected chi connectivity index (χ2v) is 4.14. The highest BCUT2D eigenvalue weighted by atomic mass is 32.1. The summed E-state index contributed by atoms with van der Waals surface area (Å²) in [7, 11) is 0. The number of rotatable bonds is 3. The molecule has 78 valence electrons. The highest BCUT2D eigenvalue weighted by Crippen LogP contribution is 2.27. The number of amides is 1. The van der Waals surface area contributed by atoms with Gasteiger partial charge in [0.15, 0.2) is 0 Å². The molecule has 0 spiro atoms. The van der Waals surface area contributed by atoms with E-state index < -0.39 is 0 Å². The van der Waals surface area contributed by atoms with Crippen molar-refractivity contribution < 1.29 is 4.79 Å². The predicted molar refractivity (Wildman–Crippen MR) is 59.7 cm³/mol. The summed E-state index contributed by atoms with van der Waals surface area (Å²) in [6.07, 6.45) is 1.75. The topological polar surface area (TPSA) is 60.9 Å². The zero-order valence-corrected chi connectivity index (χ0v) is 9.12. The first-order valence-corrected chi connectivity index (χ1v) is 5.46. The monoisotopic (exact) mass is 221 g/mol. The Morgan fingerprint density at radius 3 is 2.93 bits per heavy atom. The van der Waals surface area contributed by atoms with Gasteiger partial charge in [-0.1, -0.05) is 0 Å². The Kier molecular flexibility index (Phi) is 2.55. The van der Waals surface area contributed by atoms with Crippen LogP contribution in [0.5, 0.6) is 0 Å². The number of aryl methyl sites for hydroxylation is 1. The molecule has 15 heavy (non-hydrogen) atoms. The van der Waals surface area contributed by atoms with E-state index in [0.29, 0.717) is 4.88 Å². The third-order valence-corrected chi connectivity index (χ3v) is 3.24. The van der Waals surface area contributed by atoms with E-state index in [4.69, 9.17) is 5.73 Å². The van der Waals surface area contributed by atoms with E-state index in [9.17, 15) is 4.79 Å². The average molecular weight is 221 g/mol. The molecule has 4 nitrogen and oxygen atoms in total. The molecule has 0 aromatic carbocycles. The summed E-state index contributed by atoms with van der Waals surface area (Å²) in [5.74, 6) is -0.381. The van der Waals surface area contributed by atoms with Crippen molar-refractivity contribution in [3.63, 3.8) is 0 Å². The van der Waals surface area contributed by atoms with Crippen LogP contribution in [-0.2, 0) is 6.54 Å². The number of nitrogens with two attached hydrogens (primary N) is 1. The van der Waals surface area contributed by atoms with Crippen LogP contribution in [0.2, 0.25) is 0 Å². The fourth-order valence-corrected chi connectivity index (χ4v) is 2.29. The van der Waals surface area contributed by atoms with Crippen molar-refractivity contribution in [2.75, 3.05) is 0 Å². The molecule has 0 aliphatic rings. The van der Waals surface area contributed by atoms with Crippen molar-refractivity contribution in [2.24, 2.45) is 5.73 Å². The third kappa shape index (κ3) is 1.78. The van der Waals surface area contributed by atoms with E-state index in [2.05, 4.69) is 5.10 Å². The summed E-state index contributed by atoms with van der Waals surface area (Å²) in [6.45, 7) is 2.84. The number of nitrogens with zero attached hydrogens (tertiary/aromatic N) is 2. The Morgan fingerprint density at radius 1 is 1.53 bits per heavy atom. The van der Waals surface area contributed by atoms with Gasteiger partial charge >= 0.3 is 0 Å². The molecular formula is C10H11N3OS. The minimum atomic E-state index is -0.381. The number of hydrogen-bond donors (Lipinski definition) is 1. The molecule has 0 saturated heterocycles. The molecule has 0 unspecified atom stereocenters.